The predicted molar refractivity (Wildman–Crippen MR) is 88.1 cm³/mol. The zero-order valence-corrected chi connectivity index (χ0v) is 15.6. The quantitative estimate of drug-likeness (QED) is 0.788. The van der Waals surface area contributed by atoms with Crippen LogP contribution in [0.15, 0.2) is 27.6 Å². The molecule has 0 saturated heterocycles. The van der Waals surface area contributed by atoms with Gasteiger partial charge in [0.15, 0.2) is 0 Å². The minimum atomic E-state index is -3.87. The summed E-state index contributed by atoms with van der Waals surface area (Å²) in [6.07, 6.45) is 0. The van der Waals surface area contributed by atoms with E-state index in [9.17, 15) is 13.2 Å². The highest BCUT2D eigenvalue weighted by Gasteiger charge is 2.21. The van der Waals surface area contributed by atoms with Crippen LogP contribution in [0.2, 0.25) is 0 Å². The Morgan fingerprint density at radius 1 is 1.33 bits per heavy atom. The molecule has 1 atom stereocenters. The third-order valence-corrected chi connectivity index (χ3v) is 5.25. The number of hydrogen-bond donors (Lipinski definition) is 1. The number of carbonyl (C=O) groups is 1. The molecule has 1 aromatic rings. The molecule has 1 rings (SSSR count). The van der Waals surface area contributed by atoms with Crippen molar-refractivity contribution in [2.75, 3.05) is 6.54 Å². The molecule has 1 aromatic carbocycles. The topological polar surface area (TPSA) is 63.2 Å². The van der Waals surface area contributed by atoms with E-state index in [0.29, 0.717) is 11.0 Å². The number of rotatable bonds is 4. The molecule has 1 N–H and O–H groups in total. The molecule has 21 heavy (non-hydrogen) atoms. The molecule has 0 aliphatic carbocycles. The van der Waals surface area contributed by atoms with E-state index < -0.39 is 9.05 Å². The van der Waals surface area contributed by atoms with Crippen LogP contribution in [0.1, 0.15) is 38.1 Å². The zero-order chi connectivity index (χ0) is 16.4. The van der Waals surface area contributed by atoms with Crippen molar-refractivity contribution >= 4 is 41.6 Å². The number of nitrogens with one attached hydrogen (secondary N) is 1. The third kappa shape index (κ3) is 5.60. The Morgan fingerprint density at radius 3 is 2.38 bits per heavy atom. The van der Waals surface area contributed by atoms with Gasteiger partial charge in [-0.15, -0.1) is 0 Å². The van der Waals surface area contributed by atoms with Gasteiger partial charge in [-0.05, 0) is 29.5 Å². The largest absolute Gasteiger partial charge is 0.352 e. The standard InChI is InChI=1S/C14H19BrClNO3S/c1-9(14(2,3)4)8-17-13(18)10-5-11(15)7-12(6-10)21(16,19)20/h5-7,9H,8H2,1-4H3,(H,17,18). The molecule has 0 aromatic heterocycles. The highest BCUT2D eigenvalue weighted by molar-refractivity contribution is 9.10. The van der Waals surface area contributed by atoms with Crippen LogP contribution in [-0.4, -0.2) is 20.9 Å². The van der Waals surface area contributed by atoms with E-state index in [0.717, 1.165) is 0 Å². The van der Waals surface area contributed by atoms with Crippen LogP contribution >= 0.6 is 26.6 Å². The van der Waals surface area contributed by atoms with Gasteiger partial charge < -0.3 is 5.32 Å². The lowest BCUT2D eigenvalue weighted by Gasteiger charge is -2.27. The van der Waals surface area contributed by atoms with Gasteiger partial charge in [0.2, 0.25) is 0 Å². The summed E-state index contributed by atoms with van der Waals surface area (Å²) in [6, 6.07) is 4.18. The van der Waals surface area contributed by atoms with E-state index in [4.69, 9.17) is 10.7 Å². The fraction of sp³-hybridized carbons (Fsp3) is 0.500. The summed E-state index contributed by atoms with van der Waals surface area (Å²) in [7, 11) is 1.44. The SMILES string of the molecule is CC(CNC(=O)c1cc(Br)cc(S(=O)(=O)Cl)c1)C(C)(C)C. The van der Waals surface area contributed by atoms with Crippen LogP contribution in [0.25, 0.3) is 0 Å². The summed E-state index contributed by atoms with van der Waals surface area (Å²) < 4.78 is 23.2. The first-order valence-corrected chi connectivity index (χ1v) is 9.55. The Labute approximate surface area is 138 Å². The molecule has 0 saturated carbocycles. The van der Waals surface area contributed by atoms with E-state index in [-0.39, 0.29) is 27.7 Å². The second-order valence-corrected chi connectivity index (χ2v) is 9.57. The summed E-state index contributed by atoms with van der Waals surface area (Å²) >= 11 is 3.18. The second-order valence-electron chi connectivity index (χ2n) is 6.09. The Morgan fingerprint density at radius 2 is 1.90 bits per heavy atom. The van der Waals surface area contributed by atoms with Crippen molar-refractivity contribution in [2.45, 2.75) is 32.6 Å². The van der Waals surface area contributed by atoms with Gasteiger partial charge in [0.05, 0.1) is 4.90 Å². The highest BCUT2D eigenvalue weighted by Crippen LogP contribution is 2.25. The molecule has 1 amide bonds. The van der Waals surface area contributed by atoms with Gasteiger partial charge in [-0.2, -0.15) is 0 Å². The fourth-order valence-electron chi connectivity index (χ4n) is 1.49. The summed E-state index contributed by atoms with van der Waals surface area (Å²) in [4.78, 5) is 12.0. The normalized spacial score (nSPS) is 13.8. The third-order valence-electron chi connectivity index (χ3n) is 3.46. The molecule has 0 aliphatic rings. The van der Waals surface area contributed by atoms with E-state index >= 15 is 0 Å². The highest BCUT2D eigenvalue weighted by atomic mass is 79.9. The lowest BCUT2D eigenvalue weighted by atomic mass is 9.82. The van der Waals surface area contributed by atoms with Crippen LogP contribution in [-0.2, 0) is 9.05 Å². The van der Waals surface area contributed by atoms with Gasteiger partial charge >= 0.3 is 0 Å². The maximum atomic E-state index is 12.1. The summed E-state index contributed by atoms with van der Waals surface area (Å²) in [5, 5.41) is 2.81. The molecular weight excluding hydrogens is 378 g/mol. The van der Waals surface area contributed by atoms with Gasteiger partial charge in [-0.1, -0.05) is 43.6 Å². The zero-order valence-electron chi connectivity index (χ0n) is 12.4. The lowest BCUT2D eigenvalue weighted by molar-refractivity contribution is 0.0937. The number of benzene rings is 1. The van der Waals surface area contributed by atoms with Crippen LogP contribution in [0.3, 0.4) is 0 Å². The van der Waals surface area contributed by atoms with Gasteiger partial charge in [-0.3, -0.25) is 4.79 Å². The maximum Gasteiger partial charge on any atom is 0.261 e. The molecule has 118 valence electrons. The number of hydrogen-bond acceptors (Lipinski definition) is 3. The summed E-state index contributed by atoms with van der Waals surface area (Å²) in [5.41, 5.74) is 0.333. The lowest BCUT2D eigenvalue weighted by Crippen LogP contribution is -2.33. The molecule has 0 spiro atoms. The average molecular weight is 397 g/mol. The van der Waals surface area contributed by atoms with Crippen molar-refractivity contribution in [3.05, 3.63) is 28.2 Å². The molecule has 4 nitrogen and oxygen atoms in total. The second kappa shape index (κ2) is 6.67. The van der Waals surface area contributed by atoms with Crippen molar-refractivity contribution in [1.82, 2.24) is 5.32 Å². The Hall–Kier alpha value is -0.590. The van der Waals surface area contributed by atoms with Crippen LogP contribution in [0, 0.1) is 11.3 Å². The Kier molecular flexibility index (Phi) is 5.86. The predicted octanol–water partition coefficient (Wildman–Crippen LogP) is 3.79. The van der Waals surface area contributed by atoms with Crippen LogP contribution in [0.5, 0.6) is 0 Å². The molecule has 7 heteroatoms. The summed E-state index contributed by atoms with van der Waals surface area (Å²) in [5.74, 6) is -0.0428. The smallest absolute Gasteiger partial charge is 0.261 e. The first kappa shape index (κ1) is 18.5. The number of amides is 1. The Balaban J connectivity index is 2.92. The molecule has 1 unspecified atom stereocenters. The van der Waals surface area contributed by atoms with Gasteiger partial charge in [0.1, 0.15) is 0 Å². The van der Waals surface area contributed by atoms with Gasteiger partial charge in [0, 0.05) is 27.3 Å². The molecule has 0 heterocycles. The van der Waals surface area contributed by atoms with Crippen molar-refractivity contribution in [1.29, 1.82) is 0 Å². The maximum absolute atomic E-state index is 12.1. The van der Waals surface area contributed by atoms with Crippen molar-refractivity contribution in [3.8, 4) is 0 Å². The van der Waals surface area contributed by atoms with E-state index in [2.05, 4.69) is 48.9 Å². The molecular formula is C14H19BrClNO3S. The van der Waals surface area contributed by atoms with Gasteiger partial charge in [0.25, 0.3) is 15.0 Å². The average Bonchev–Trinajstić information content (AvgIpc) is 2.32. The minimum absolute atomic E-state index is 0.0786. The van der Waals surface area contributed by atoms with Crippen molar-refractivity contribution < 1.29 is 13.2 Å². The Bertz CT molecular complexity index is 638. The monoisotopic (exact) mass is 395 g/mol. The fourth-order valence-corrected chi connectivity index (χ4v) is 2.94. The van der Waals surface area contributed by atoms with Crippen molar-refractivity contribution in [2.24, 2.45) is 11.3 Å². The van der Waals surface area contributed by atoms with Crippen LogP contribution < -0.4 is 5.32 Å². The molecule has 0 aliphatic heterocycles. The van der Waals surface area contributed by atoms with Gasteiger partial charge in [-0.25, -0.2) is 8.42 Å². The first-order chi connectivity index (χ1) is 9.41. The van der Waals surface area contributed by atoms with Crippen molar-refractivity contribution in [3.63, 3.8) is 0 Å². The first-order valence-electron chi connectivity index (χ1n) is 6.44. The number of carbonyl (C=O) groups excluding carboxylic acids is 1. The van der Waals surface area contributed by atoms with Crippen LogP contribution in [0.4, 0.5) is 0 Å². The van der Waals surface area contributed by atoms with E-state index in [1.807, 2.05) is 0 Å². The molecule has 0 radical (unpaired) electrons. The van der Waals surface area contributed by atoms with E-state index in [1.54, 1.807) is 6.07 Å². The number of halogens is 2. The molecule has 0 fully saturated rings. The van der Waals surface area contributed by atoms with E-state index in [1.165, 1.54) is 12.1 Å². The summed E-state index contributed by atoms with van der Waals surface area (Å²) in [6.45, 7) is 8.86. The molecule has 0 bridgehead atoms. The minimum Gasteiger partial charge on any atom is -0.352 e.